The van der Waals surface area contributed by atoms with Crippen LogP contribution in [0, 0.1) is 0 Å². The number of rotatable bonds is 39. The Balaban J connectivity index is 0.000000174. The predicted octanol–water partition coefficient (Wildman–Crippen LogP) is 16.8. The number of H-pyrrole nitrogens is 3. The summed E-state index contributed by atoms with van der Waals surface area (Å²) in [7, 11) is 0. The number of aliphatic hydroxyl groups is 4. The van der Waals surface area contributed by atoms with Gasteiger partial charge in [-0.1, -0.05) is 216 Å². The van der Waals surface area contributed by atoms with E-state index in [1.807, 2.05) is 198 Å². The highest BCUT2D eigenvalue weighted by molar-refractivity contribution is 5.96. The number of imidazole rings is 4. The summed E-state index contributed by atoms with van der Waals surface area (Å²) < 4.78 is 36.9. The quantitative estimate of drug-likeness (QED) is 0.00740. The summed E-state index contributed by atoms with van der Waals surface area (Å²) in [6, 6.07) is 61.2. The number of nitrogens with zero attached hydrogens (tertiary/aromatic N) is 17. The number of carbonyl (C=O) groups is 7. The molecule has 15 aromatic rings. The van der Waals surface area contributed by atoms with Crippen LogP contribution in [0.1, 0.15) is 250 Å². The minimum absolute atomic E-state index is 0.0174. The molecule has 0 atom stereocenters. The van der Waals surface area contributed by atoms with Crippen LogP contribution in [0.25, 0.3) is 78.7 Å². The molecule has 0 unspecified atom stereocenters. The van der Waals surface area contributed by atoms with Gasteiger partial charge in [-0.05, 0) is 190 Å². The molecular formula is C106H120N20O20. The molecule has 10 N–H and O–H groups in total. The zero-order valence-electron chi connectivity index (χ0n) is 83.9. The fourth-order valence-electron chi connectivity index (χ4n) is 16.2. The third-order valence-corrected chi connectivity index (χ3v) is 22.8. The summed E-state index contributed by atoms with van der Waals surface area (Å²) in [5.74, 6) is -0.625. The van der Waals surface area contributed by atoms with Gasteiger partial charge in [0, 0.05) is 68.6 Å². The van der Waals surface area contributed by atoms with E-state index in [1.165, 1.54) is 13.8 Å². The molecule has 7 heterocycles. The molecule has 0 amide bonds. The number of aromatic carboxylic acids is 3. The standard InChI is InChI=1S/2C29H34N6O6.C24H26N6O3.C24H26N2O5/c1-6-9-23-30-25(29(4,5)38)24(27(36)39-17-40-28(37)41-18(2)3)35(23)16-19-12-14-20(15-13-19)21-10-7-8-11-22(21)26-31-33-34-32-26;1-5-9-23-30-25(29(3,4)38)24(27(36)40-16-17-41-28(37)39-6-2)35(23)18-19-12-14-20(15-13-19)21-10-7-8-11-22(21)26-31-33-34-32-26;1-4-7-19-25-21(24(2,3)33)20(23(31)32)30(19)14-15-10-12-16(13-11-15)17-8-5-6-9-18(17)22-26-28-29-27-22;1-4-7-19-25-21(24(2,3)31)20(23(29)30)26(19)14-15-10-12-16(13-11-15)17-8-5-6-9-18(17)22(27)28/h7-8,10-15,18,38H,6,9,16-17H2,1-5H3,(H,31,32,33,34);7-8,10-15,38H,5-6,9,16-18H2,1-4H3,(H,31,32,33,34);5-6,8-13,33H,4,7,14H2,1-3H3,(H,31,32)(H,26,27,28,29);5-6,8-13,31H,4,7,14H2,1-3H3,(H,27,28)(H,29,30). The Hall–Kier alpha value is -16.5. The first-order valence-corrected chi connectivity index (χ1v) is 47.6. The Morgan fingerprint density at radius 1 is 0.329 bits per heavy atom. The number of tetrazole rings is 3. The van der Waals surface area contributed by atoms with E-state index >= 15 is 0 Å². The second kappa shape index (κ2) is 49.0. The lowest BCUT2D eigenvalue weighted by molar-refractivity contribution is -0.0356. The van der Waals surface area contributed by atoms with Crippen molar-refractivity contribution in [2.75, 3.05) is 26.6 Å². The van der Waals surface area contributed by atoms with Crippen molar-refractivity contribution in [2.45, 2.75) is 210 Å². The molecule has 0 spiro atoms. The number of aryl methyl sites for hydroxylation is 4. The maximum absolute atomic E-state index is 13.3. The summed E-state index contributed by atoms with van der Waals surface area (Å²) in [4.78, 5) is 104. The van der Waals surface area contributed by atoms with Crippen LogP contribution < -0.4 is 0 Å². The molecule has 15 rings (SSSR count). The zero-order chi connectivity index (χ0) is 105. The van der Waals surface area contributed by atoms with Gasteiger partial charge in [0.25, 0.3) is 0 Å². The smallest absolute Gasteiger partial charge is 0.478 e. The van der Waals surface area contributed by atoms with E-state index in [0.717, 1.165) is 104 Å². The molecule has 40 heteroatoms. The number of carbonyl (C=O) groups excluding carboxylic acids is 4. The number of benzene rings is 8. The number of aromatic amines is 3. The van der Waals surface area contributed by atoms with Crippen molar-refractivity contribution >= 4 is 42.2 Å². The molecule has 0 radical (unpaired) electrons. The topological polar surface area (TPSA) is 551 Å². The first kappa shape index (κ1) is 108. The molecule has 0 fully saturated rings. The van der Waals surface area contributed by atoms with Gasteiger partial charge >= 0.3 is 42.2 Å². The van der Waals surface area contributed by atoms with E-state index in [0.29, 0.717) is 91.7 Å². The van der Waals surface area contributed by atoms with Gasteiger partial charge < -0.3 is 82.4 Å². The summed E-state index contributed by atoms with van der Waals surface area (Å²) in [5, 5.41) is 115. The molecule has 0 aliphatic carbocycles. The van der Waals surface area contributed by atoms with Crippen LogP contribution >= 0.6 is 0 Å². The van der Waals surface area contributed by atoms with Crippen LogP contribution in [0.2, 0.25) is 0 Å². The first-order chi connectivity index (χ1) is 69.7. The summed E-state index contributed by atoms with van der Waals surface area (Å²) in [6.07, 6.45) is 3.37. The van der Waals surface area contributed by atoms with Crippen LogP contribution in [0.5, 0.6) is 0 Å². The largest absolute Gasteiger partial charge is 0.511 e. The van der Waals surface area contributed by atoms with Crippen LogP contribution in [0.4, 0.5) is 9.59 Å². The Kier molecular flexibility index (Phi) is 36.4. The van der Waals surface area contributed by atoms with E-state index in [2.05, 4.69) is 81.8 Å². The second-order valence-corrected chi connectivity index (χ2v) is 36.4. The number of carboxylic acids is 3. The van der Waals surface area contributed by atoms with E-state index in [-0.39, 0.29) is 83.6 Å². The van der Waals surface area contributed by atoms with E-state index < -0.39 is 71.4 Å². The fraction of sp³-hybridized carbons (Fsp3) is 0.340. The number of esters is 2. The molecule has 0 aliphatic rings. The van der Waals surface area contributed by atoms with Crippen molar-refractivity contribution in [1.29, 1.82) is 0 Å². The van der Waals surface area contributed by atoms with Gasteiger partial charge in [-0.3, -0.25) is 0 Å². The molecule has 146 heavy (non-hydrogen) atoms. The SMILES string of the molecule is CCCc1nc(C(C)(C)O)c(C(=O)O)n1Cc1ccc(-c2ccccc2-c2nn[nH]n2)cc1.CCCc1nc(C(C)(C)O)c(C(=O)O)n1Cc1ccc(-c2ccccc2C(=O)O)cc1.CCCc1nc(C(C)(C)O)c(C(=O)OCCOC(=O)OCC)n1Cc1ccc(-c2ccccc2-c2nn[nH]n2)cc1.CCCc1nc(C(C)(C)O)c(C(=O)OCOC(=O)OC(C)C)n1Cc1ccc(-c2ccccc2-c2nn[nH]n2)cc1. The lowest BCUT2D eigenvalue weighted by atomic mass is 9.98. The normalized spacial score (nSPS) is 11.5. The Labute approximate surface area is 841 Å². The molecule has 8 aromatic carbocycles. The number of hydrogen-bond acceptors (Lipinski definition) is 30. The maximum Gasteiger partial charge on any atom is 0.511 e. The van der Waals surface area contributed by atoms with Crippen molar-refractivity contribution in [2.24, 2.45) is 0 Å². The van der Waals surface area contributed by atoms with Crippen LogP contribution in [0.15, 0.2) is 194 Å². The molecule has 0 aliphatic heterocycles. The van der Waals surface area contributed by atoms with Crippen LogP contribution in [-0.2, 0) is 103 Å². The minimum Gasteiger partial charge on any atom is -0.478 e. The van der Waals surface area contributed by atoms with Gasteiger partial charge in [0.1, 0.15) is 81.7 Å². The highest BCUT2D eigenvalue weighted by atomic mass is 16.8. The molecule has 40 nitrogen and oxygen atoms in total. The number of hydrogen-bond donors (Lipinski definition) is 10. The first-order valence-electron chi connectivity index (χ1n) is 47.6. The number of ether oxygens (including phenoxy) is 6. The van der Waals surface area contributed by atoms with Crippen LogP contribution in [0.3, 0.4) is 0 Å². The molecule has 0 saturated carbocycles. The maximum atomic E-state index is 13.3. The van der Waals surface area contributed by atoms with E-state index in [4.69, 9.17) is 28.4 Å². The Bertz CT molecular complexity index is 6950. The van der Waals surface area contributed by atoms with Crippen LogP contribution in [-0.4, -0.2) is 211 Å². The van der Waals surface area contributed by atoms with Gasteiger partial charge in [-0.25, -0.2) is 53.5 Å². The van der Waals surface area contributed by atoms with Gasteiger partial charge in [0.05, 0.1) is 18.3 Å². The van der Waals surface area contributed by atoms with Crippen molar-refractivity contribution in [3.8, 4) is 78.7 Å². The van der Waals surface area contributed by atoms with E-state index in [1.54, 1.807) is 105 Å². The molecule has 0 bridgehead atoms. The number of aromatic nitrogens is 20. The molecular weight excluding hydrogens is 1870 g/mol. The predicted molar refractivity (Wildman–Crippen MR) is 536 cm³/mol. The second-order valence-electron chi connectivity index (χ2n) is 36.4. The average molecular weight is 1990 g/mol. The summed E-state index contributed by atoms with van der Waals surface area (Å²) >= 11 is 0. The fourth-order valence-corrected chi connectivity index (χ4v) is 16.2. The van der Waals surface area contributed by atoms with Gasteiger partial charge in [0.15, 0.2) is 22.8 Å². The zero-order valence-corrected chi connectivity index (χ0v) is 83.9. The van der Waals surface area contributed by atoms with Crippen molar-refractivity contribution < 1.29 is 97.7 Å². The summed E-state index contributed by atoms with van der Waals surface area (Å²) in [5.41, 5.74) is 8.93. The van der Waals surface area contributed by atoms with Crippen molar-refractivity contribution in [3.05, 3.63) is 291 Å². The van der Waals surface area contributed by atoms with Gasteiger partial charge in [0.2, 0.25) is 24.3 Å². The summed E-state index contributed by atoms with van der Waals surface area (Å²) in [6.45, 7) is 25.9. The third-order valence-electron chi connectivity index (χ3n) is 22.8. The monoisotopic (exact) mass is 1990 g/mol. The number of nitrogens with one attached hydrogen (secondary N) is 3. The van der Waals surface area contributed by atoms with Crippen molar-refractivity contribution in [1.82, 2.24) is 100 Å². The number of carboxylic acid groups (broad SMARTS) is 3. The lowest BCUT2D eigenvalue weighted by Gasteiger charge is -2.18. The van der Waals surface area contributed by atoms with Crippen molar-refractivity contribution in [3.63, 3.8) is 0 Å². The van der Waals surface area contributed by atoms with Gasteiger partial charge in [-0.15, -0.1) is 30.6 Å². The minimum atomic E-state index is -1.43. The average Bonchev–Trinajstić information content (AvgIpc) is 1.63. The molecule has 7 aromatic heterocycles. The highest BCUT2D eigenvalue weighted by Gasteiger charge is 2.38. The molecule has 764 valence electrons. The highest BCUT2D eigenvalue weighted by Crippen LogP contribution is 2.38. The Morgan fingerprint density at radius 3 is 0.890 bits per heavy atom. The third kappa shape index (κ3) is 27.5. The Morgan fingerprint density at radius 2 is 0.610 bits per heavy atom. The molecule has 0 saturated heterocycles. The van der Waals surface area contributed by atoms with Gasteiger partial charge in [-0.2, -0.15) is 15.6 Å². The lowest BCUT2D eigenvalue weighted by Crippen LogP contribution is -2.24. The van der Waals surface area contributed by atoms with E-state index in [9.17, 15) is 69.3 Å².